The molecule has 0 spiro atoms. The lowest BCUT2D eigenvalue weighted by Crippen LogP contribution is -2.15. The summed E-state index contributed by atoms with van der Waals surface area (Å²) in [5, 5.41) is 8.54. The number of anilines is 1. The first-order valence-electron chi connectivity index (χ1n) is 7.38. The fraction of sp³-hybridized carbons (Fsp3) is 0.250. The van der Waals surface area contributed by atoms with Gasteiger partial charge in [-0.3, -0.25) is 4.79 Å². The van der Waals surface area contributed by atoms with Crippen LogP contribution in [0.1, 0.15) is 28.8 Å². The number of aromatic nitrogens is 3. The van der Waals surface area contributed by atoms with Crippen LogP contribution in [0.2, 0.25) is 0 Å². The smallest absolute Gasteiger partial charge is 0.316 e. The van der Waals surface area contributed by atoms with Gasteiger partial charge in [-0.15, -0.1) is 11.3 Å². The van der Waals surface area contributed by atoms with Crippen LogP contribution in [0.4, 0.5) is 5.69 Å². The van der Waals surface area contributed by atoms with Crippen LogP contribution in [0.15, 0.2) is 28.1 Å². The Hall–Kier alpha value is -2.74. The number of hydrogen-bond donors (Lipinski definition) is 1. The summed E-state index contributed by atoms with van der Waals surface area (Å²) in [4.78, 5) is 21.8. The third-order valence-electron chi connectivity index (χ3n) is 3.27. The minimum absolute atomic E-state index is 0.200. The Bertz CT molecular complexity index is 835. The molecule has 8 heteroatoms. The number of ether oxygens (including phenoxy) is 1. The summed E-state index contributed by atoms with van der Waals surface area (Å²) in [5.74, 6) is 0.187. The van der Waals surface area contributed by atoms with Crippen LogP contribution in [0.3, 0.4) is 0 Å². The second kappa shape index (κ2) is 6.79. The van der Waals surface area contributed by atoms with Gasteiger partial charge in [-0.25, -0.2) is 0 Å². The minimum Gasteiger partial charge on any atom is -0.464 e. The van der Waals surface area contributed by atoms with Crippen molar-refractivity contribution in [2.75, 3.05) is 11.9 Å². The molecule has 1 N–H and O–H groups in total. The molecule has 0 radical (unpaired) electrons. The van der Waals surface area contributed by atoms with Gasteiger partial charge < -0.3 is 14.6 Å². The zero-order valence-corrected chi connectivity index (χ0v) is 14.3. The van der Waals surface area contributed by atoms with Crippen LogP contribution < -0.4 is 10.1 Å². The van der Waals surface area contributed by atoms with Gasteiger partial charge in [0, 0.05) is 6.07 Å². The van der Waals surface area contributed by atoms with Crippen molar-refractivity contribution in [3.63, 3.8) is 0 Å². The highest BCUT2D eigenvalue weighted by molar-refractivity contribution is 7.13. The Morgan fingerprint density at radius 1 is 1.33 bits per heavy atom. The molecule has 0 atom stereocenters. The Labute approximate surface area is 142 Å². The monoisotopic (exact) mass is 344 g/mol. The summed E-state index contributed by atoms with van der Waals surface area (Å²) in [5.41, 5.74) is 2.00. The fourth-order valence-corrected chi connectivity index (χ4v) is 2.83. The van der Waals surface area contributed by atoms with Crippen LogP contribution in [0, 0.1) is 13.8 Å². The molecule has 124 valence electrons. The van der Waals surface area contributed by atoms with Crippen LogP contribution in [0.25, 0.3) is 10.6 Å². The highest BCUT2D eigenvalue weighted by Gasteiger charge is 2.17. The standard InChI is InChI=1S/C16H16N4O3S/c1-4-22-16-17-9(2)14(10(3)18-16)19-15(21)11-8-12(23-20-11)13-6-5-7-24-13/h5-8H,4H2,1-3H3,(H,19,21). The molecule has 0 aliphatic heterocycles. The molecule has 7 nitrogen and oxygen atoms in total. The molecule has 3 aromatic heterocycles. The SMILES string of the molecule is CCOc1nc(C)c(NC(=O)c2cc(-c3cccs3)on2)c(C)n1. The quantitative estimate of drug-likeness (QED) is 0.762. The van der Waals surface area contributed by atoms with Crippen molar-refractivity contribution < 1.29 is 14.1 Å². The first kappa shape index (κ1) is 16.1. The van der Waals surface area contributed by atoms with Gasteiger partial charge in [0.05, 0.1) is 28.6 Å². The van der Waals surface area contributed by atoms with E-state index in [1.165, 1.54) is 11.3 Å². The number of rotatable bonds is 5. The van der Waals surface area contributed by atoms with E-state index in [1.807, 2.05) is 24.4 Å². The van der Waals surface area contributed by atoms with Gasteiger partial charge in [0.25, 0.3) is 5.91 Å². The molecule has 0 fully saturated rings. The number of nitrogens with zero attached hydrogens (tertiary/aromatic N) is 3. The lowest BCUT2D eigenvalue weighted by molar-refractivity contribution is 0.101. The maximum absolute atomic E-state index is 12.4. The second-order valence-corrected chi connectivity index (χ2v) is 5.94. The molecule has 1 amide bonds. The summed E-state index contributed by atoms with van der Waals surface area (Å²) in [6.07, 6.45) is 0. The molecule has 3 rings (SSSR count). The molecule has 3 aromatic rings. The maximum atomic E-state index is 12.4. The Morgan fingerprint density at radius 2 is 2.08 bits per heavy atom. The number of carbonyl (C=O) groups excluding carboxylic acids is 1. The molecule has 24 heavy (non-hydrogen) atoms. The van der Waals surface area contributed by atoms with Gasteiger partial charge in [-0.2, -0.15) is 9.97 Å². The minimum atomic E-state index is -0.375. The second-order valence-electron chi connectivity index (χ2n) is 4.99. The molecular weight excluding hydrogens is 328 g/mol. The van der Waals surface area contributed by atoms with E-state index in [9.17, 15) is 4.79 Å². The van der Waals surface area contributed by atoms with Crippen molar-refractivity contribution >= 4 is 22.9 Å². The topological polar surface area (TPSA) is 90.1 Å². The van der Waals surface area contributed by atoms with Crippen molar-refractivity contribution in [2.24, 2.45) is 0 Å². The van der Waals surface area contributed by atoms with Gasteiger partial charge in [0.15, 0.2) is 11.5 Å². The van der Waals surface area contributed by atoms with Crippen LogP contribution in [-0.2, 0) is 0 Å². The lowest BCUT2D eigenvalue weighted by Gasteiger charge is -2.11. The average Bonchev–Trinajstić information content (AvgIpc) is 3.21. The fourth-order valence-electron chi connectivity index (χ4n) is 2.15. The number of hydrogen-bond acceptors (Lipinski definition) is 7. The summed E-state index contributed by atoms with van der Waals surface area (Å²) in [6, 6.07) is 5.72. The van der Waals surface area contributed by atoms with E-state index < -0.39 is 0 Å². The van der Waals surface area contributed by atoms with Crippen LogP contribution in [0.5, 0.6) is 6.01 Å². The van der Waals surface area contributed by atoms with Gasteiger partial charge in [-0.05, 0) is 32.2 Å². The Morgan fingerprint density at radius 3 is 2.71 bits per heavy atom. The Kier molecular flexibility index (Phi) is 4.57. The lowest BCUT2D eigenvalue weighted by atomic mass is 10.2. The average molecular weight is 344 g/mol. The number of aryl methyl sites for hydroxylation is 2. The molecule has 0 saturated heterocycles. The molecule has 0 bridgehead atoms. The van der Waals surface area contributed by atoms with E-state index in [4.69, 9.17) is 9.26 Å². The van der Waals surface area contributed by atoms with Crippen molar-refractivity contribution in [3.8, 4) is 16.6 Å². The molecule has 0 unspecified atom stereocenters. The maximum Gasteiger partial charge on any atom is 0.316 e. The first-order chi connectivity index (χ1) is 11.6. The predicted molar refractivity (Wildman–Crippen MR) is 90.4 cm³/mol. The van der Waals surface area contributed by atoms with Crippen LogP contribution in [-0.4, -0.2) is 27.6 Å². The molecule has 0 aromatic carbocycles. The Balaban J connectivity index is 1.80. The normalized spacial score (nSPS) is 10.6. The number of nitrogens with one attached hydrogen (secondary N) is 1. The molecule has 0 aliphatic rings. The van der Waals surface area contributed by atoms with E-state index in [0.717, 1.165) is 4.88 Å². The summed E-state index contributed by atoms with van der Waals surface area (Å²) < 4.78 is 10.5. The molecule has 0 saturated carbocycles. The number of carbonyl (C=O) groups is 1. The van der Waals surface area contributed by atoms with Gasteiger partial charge in [0.2, 0.25) is 0 Å². The molecular formula is C16H16N4O3S. The van der Waals surface area contributed by atoms with E-state index >= 15 is 0 Å². The van der Waals surface area contributed by atoms with E-state index in [1.54, 1.807) is 19.9 Å². The van der Waals surface area contributed by atoms with Crippen molar-refractivity contribution in [1.29, 1.82) is 0 Å². The third kappa shape index (κ3) is 3.28. The van der Waals surface area contributed by atoms with Gasteiger partial charge in [0.1, 0.15) is 0 Å². The van der Waals surface area contributed by atoms with E-state index in [-0.39, 0.29) is 11.6 Å². The van der Waals surface area contributed by atoms with Crippen molar-refractivity contribution in [3.05, 3.63) is 40.7 Å². The summed E-state index contributed by atoms with van der Waals surface area (Å²) in [7, 11) is 0. The molecule has 3 heterocycles. The summed E-state index contributed by atoms with van der Waals surface area (Å²) in [6.45, 7) is 5.91. The van der Waals surface area contributed by atoms with Crippen LogP contribution >= 0.6 is 11.3 Å². The highest BCUT2D eigenvalue weighted by Crippen LogP contribution is 2.26. The summed E-state index contributed by atoms with van der Waals surface area (Å²) >= 11 is 1.52. The van der Waals surface area contributed by atoms with E-state index in [2.05, 4.69) is 20.4 Å². The molecule has 0 aliphatic carbocycles. The van der Waals surface area contributed by atoms with Gasteiger partial charge >= 0.3 is 6.01 Å². The highest BCUT2D eigenvalue weighted by atomic mass is 32.1. The zero-order valence-electron chi connectivity index (χ0n) is 13.5. The number of amides is 1. The zero-order chi connectivity index (χ0) is 17.1. The largest absolute Gasteiger partial charge is 0.464 e. The third-order valence-corrected chi connectivity index (χ3v) is 4.15. The van der Waals surface area contributed by atoms with E-state index in [0.29, 0.717) is 35.5 Å². The first-order valence-corrected chi connectivity index (χ1v) is 8.26. The van der Waals surface area contributed by atoms with Crippen molar-refractivity contribution in [1.82, 2.24) is 15.1 Å². The van der Waals surface area contributed by atoms with Crippen molar-refractivity contribution in [2.45, 2.75) is 20.8 Å². The van der Waals surface area contributed by atoms with Gasteiger partial charge in [-0.1, -0.05) is 11.2 Å². The number of thiophene rings is 1. The predicted octanol–water partition coefficient (Wildman–Crippen LogP) is 3.46.